The molecule has 0 saturated heterocycles. The highest BCUT2D eigenvalue weighted by Crippen LogP contribution is 2.16. The van der Waals surface area contributed by atoms with E-state index in [1.54, 1.807) is 13.0 Å². The van der Waals surface area contributed by atoms with Crippen LogP contribution in [0.1, 0.15) is 23.6 Å². The van der Waals surface area contributed by atoms with Crippen LogP contribution in [0.15, 0.2) is 58.4 Å². The Morgan fingerprint density at radius 1 is 1.00 bits per heavy atom. The number of rotatable bonds is 8. The summed E-state index contributed by atoms with van der Waals surface area (Å²) in [7, 11) is -3.53. The largest absolute Gasteiger partial charge is 0.357 e. The Hall–Kier alpha value is -2.38. The highest BCUT2D eigenvalue weighted by atomic mass is 32.2. The molecule has 0 fully saturated rings. The molecule has 0 radical (unpaired) electrons. The van der Waals surface area contributed by atoms with E-state index < -0.39 is 10.0 Å². The summed E-state index contributed by atoms with van der Waals surface area (Å²) in [6, 6.07) is 15.4. The SMILES string of the molecule is CCNC(=NCc1ccccc1)NCCNS(=O)(=O)c1cc(C)ccc1C. The molecule has 146 valence electrons. The zero-order chi connectivity index (χ0) is 19.7. The molecule has 0 spiro atoms. The smallest absolute Gasteiger partial charge is 0.240 e. The third kappa shape index (κ3) is 6.69. The van der Waals surface area contributed by atoms with E-state index in [0.717, 1.165) is 23.2 Å². The Balaban J connectivity index is 1.90. The predicted octanol–water partition coefficient (Wildman–Crippen LogP) is 2.34. The number of sulfonamides is 1. The van der Waals surface area contributed by atoms with Gasteiger partial charge in [-0.05, 0) is 43.5 Å². The van der Waals surface area contributed by atoms with E-state index in [0.29, 0.717) is 23.9 Å². The van der Waals surface area contributed by atoms with Gasteiger partial charge in [0.1, 0.15) is 0 Å². The summed E-state index contributed by atoms with van der Waals surface area (Å²) in [5, 5.41) is 6.31. The molecule has 0 aliphatic carbocycles. The number of aliphatic imine (C=N–C) groups is 1. The third-order valence-electron chi connectivity index (χ3n) is 3.95. The molecule has 0 bridgehead atoms. The lowest BCUT2D eigenvalue weighted by Crippen LogP contribution is -2.41. The van der Waals surface area contributed by atoms with Crippen LogP contribution in [0.2, 0.25) is 0 Å². The van der Waals surface area contributed by atoms with Crippen molar-refractivity contribution in [1.29, 1.82) is 0 Å². The summed E-state index contributed by atoms with van der Waals surface area (Å²) >= 11 is 0. The standard InChI is InChI=1S/C20H28N4O2S/c1-4-21-20(23-15-18-8-6-5-7-9-18)22-12-13-24-27(25,26)19-14-16(2)10-11-17(19)3/h5-11,14,24H,4,12-13,15H2,1-3H3,(H2,21,22,23). The molecule has 2 aromatic carbocycles. The van der Waals surface area contributed by atoms with Crippen molar-refractivity contribution < 1.29 is 8.42 Å². The third-order valence-corrected chi connectivity index (χ3v) is 5.55. The molecule has 3 N–H and O–H groups in total. The van der Waals surface area contributed by atoms with Gasteiger partial charge in [-0.3, -0.25) is 0 Å². The number of hydrogen-bond donors (Lipinski definition) is 3. The molecule has 27 heavy (non-hydrogen) atoms. The van der Waals surface area contributed by atoms with Crippen molar-refractivity contribution in [2.75, 3.05) is 19.6 Å². The molecule has 0 aliphatic heterocycles. The Bertz CT molecular complexity index is 865. The van der Waals surface area contributed by atoms with Crippen molar-refractivity contribution in [2.24, 2.45) is 4.99 Å². The average molecular weight is 389 g/mol. The fourth-order valence-electron chi connectivity index (χ4n) is 2.54. The molecular weight excluding hydrogens is 360 g/mol. The lowest BCUT2D eigenvalue weighted by Gasteiger charge is -2.13. The molecule has 2 rings (SSSR count). The molecule has 7 heteroatoms. The molecule has 0 atom stereocenters. The van der Waals surface area contributed by atoms with Gasteiger partial charge in [0, 0.05) is 19.6 Å². The predicted molar refractivity (Wildman–Crippen MR) is 110 cm³/mol. The summed E-state index contributed by atoms with van der Waals surface area (Å²) in [4.78, 5) is 4.84. The van der Waals surface area contributed by atoms with Crippen LogP contribution in [0.3, 0.4) is 0 Å². The Kier molecular flexibility index (Phi) is 7.82. The van der Waals surface area contributed by atoms with Crippen LogP contribution in [-0.2, 0) is 16.6 Å². The maximum absolute atomic E-state index is 12.5. The van der Waals surface area contributed by atoms with E-state index in [-0.39, 0.29) is 6.54 Å². The van der Waals surface area contributed by atoms with Gasteiger partial charge in [0.15, 0.2) is 5.96 Å². The van der Waals surface area contributed by atoms with Gasteiger partial charge in [0.05, 0.1) is 11.4 Å². The molecule has 2 aromatic rings. The topological polar surface area (TPSA) is 82.6 Å². The summed E-state index contributed by atoms with van der Waals surface area (Å²) in [6.45, 7) is 7.66. The van der Waals surface area contributed by atoms with Gasteiger partial charge in [0.25, 0.3) is 0 Å². The second-order valence-electron chi connectivity index (χ2n) is 6.27. The maximum Gasteiger partial charge on any atom is 0.240 e. The fraction of sp³-hybridized carbons (Fsp3) is 0.350. The van der Waals surface area contributed by atoms with E-state index >= 15 is 0 Å². The van der Waals surface area contributed by atoms with Crippen LogP contribution in [0, 0.1) is 13.8 Å². The van der Waals surface area contributed by atoms with Gasteiger partial charge < -0.3 is 10.6 Å². The van der Waals surface area contributed by atoms with Gasteiger partial charge in [-0.25, -0.2) is 18.1 Å². The van der Waals surface area contributed by atoms with Crippen molar-refractivity contribution in [2.45, 2.75) is 32.2 Å². The molecule has 0 aliphatic rings. The number of guanidine groups is 1. The summed E-state index contributed by atoms with van der Waals surface area (Å²) < 4.78 is 27.6. The second-order valence-corrected chi connectivity index (χ2v) is 8.01. The minimum atomic E-state index is -3.53. The van der Waals surface area contributed by atoms with Crippen molar-refractivity contribution in [3.05, 3.63) is 65.2 Å². The molecule has 0 amide bonds. The van der Waals surface area contributed by atoms with E-state index in [1.165, 1.54) is 0 Å². The highest BCUT2D eigenvalue weighted by molar-refractivity contribution is 7.89. The first-order chi connectivity index (χ1) is 12.9. The van der Waals surface area contributed by atoms with Crippen molar-refractivity contribution in [1.82, 2.24) is 15.4 Å². The Morgan fingerprint density at radius 2 is 1.74 bits per heavy atom. The van der Waals surface area contributed by atoms with Gasteiger partial charge in [-0.2, -0.15) is 0 Å². The first-order valence-electron chi connectivity index (χ1n) is 9.05. The van der Waals surface area contributed by atoms with E-state index in [2.05, 4.69) is 20.3 Å². The normalized spacial score (nSPS) is 12.0. The molecular formula is C20H28N4O2S. The van der Waals surface area contributed by atoms with Gasteiger partial charge in [0.2, 0.25) is 10.0 Å². The van der Waals surface area contributed by atoms with E-state index in [9.17, 15) is 8.42 Å². The average Bonchev–Trinajstić information content (AvgIpc) is 2.65. The summed E-state index contributed by atoms with van der Waals surface area (Å²) in [6.07, 6.45) is 0. The highest BCUT2D eigenvalue weighted by Gasteiger charge is 2.16. The van der Waals surface area contributed by atoms with Crippen LogP contribution in [0.5, 0.6) is 0 Å². The van der Waals surface area contributed by atoms with Crippen LogP contribution in [0.4, 0.5) is 0 Å². The van der Waals surface area contributed by atoms with Crippen molar-refractivity contribution >= 4 is 16.0 Å². The lowest BCUT2D eigenvalue weighted by molar-refractivity contribution is 0.580. The van der Waals surface area contributed by atoms with E-state index in [1.807, 2.05) is 56.3 Å². The number of hydrogen-bond acceptors (Lipinski definition) is 3. The number of nitrogens with zero attached hydrogens (tertiary/aromatic N) is 1. The molecule has 0 saturated carbocycles. The first-order valence-corrected chi connectivity index (χ1v) is 10.5. The maximum atomic E-state index is 12.5. The quantitative estimate of drug-likeness (QED) is 0.368. The van der Waals surface area contributed by atoms with Crippen LogP contribution in [0.25, 0.3) is 0 Å². The monoisotopic (exact) mass is 388 g/mol. The minimum Gasteiger partial charge on any atom is -0.357 e. The molecule has 0 aromatic heterocycles. The Morgan fingerprint density at radius 3 is 2.44 bits per heavy atom. The summed E-state index contributed by atoms with van der Waals surface area (Å²) in [5.41, 5.74) is 2.77. The fourth-order valence-corrected chi connectivity index (χ4v) is 3.90. The lowest BCUT2D eigenvalue weighted by atomic mass is 10.2. The first kappa shape index (κ1) is 20.9. The van der Waals surface area contributed by atoms with Crippen LogP contribution in [-0.4, -0.2) is 34.0 Å². The number of aryl methyl sites for hydroxylation is 2. The zero-order valence-corrected chi connectivity index (χ0v) is 16.9. The minimum absolute atomic E-state index is 0.269. The van der Waals surface area contributed by atoms with Crippen LogP contribution >= 0.6 is 0 Å². The van der Waals surface area contributed by atoms with E-state index in [4.69, 9.17) is 0 Å². The molecule has 0 unspecified atom stereocenters. The summed E-state index contributed by atoms with van der Waals surface area (Å²) in [5.74, 6) is 0.660. The molecule has 6 nitrogen and oxygen atoms in total. The van der Waals surface area contributed by atoms with Crippen molar-refractivity contribution in [3.63, 3.8) is 0 Å². The molecule has 0 heterocycles. The number of benzene rings is 2. The Labute approximate surface area is 162 Å². The van der Waals surface area contributed by atoms with Gasteiger partial charge in [-0.15, -0.1) is 0 Å². The number of nitrogens with one attached hydrogen (secondary N) is 3. The zero-order valence-electron chi connectivity index (χ0n) is 16.1. The second kappa shape index (κ2) is 10.1. The van der Waals surface area contributed by atoms with Crippen molar-refractivity contribution in [3.8, 4) is 0 Å². The van der Waals surface area contributed by atoms with Gasteiger partial charge in [-0.1, -0.05) is 42.5 Å². The van der Waals surface area contributed by atoms with Gasteiger partial charge >= 0.3 is 0 Å². The van der Waals surface area contributed by atoms with Crippen LogP contribution < -0.4 is 15.4 Å².